The topological polar surface area (TPSA) is 102 Å². The zero-order chi connectivity index (χ0) is 16.9. The summed E-state index contributed by atoms with van der Waals surface area (Å²) < 4.78 is 22.3. The van der Waals surface area contributed by atoms with Crippen LogP contribution in [0.4, 0.5) is 0 Å². The van der Waals surface area contributed by atoms with E-state index < -0.39 is 10.0 Å². The molecule has 3 N–H and O–H groups in total. The molecule has 0 aliphatic carbocycles. The van der Waals surface area contributed by atoms with E-state index in [4.69, 9.17) is 5.14 Å². The molecule has 0 radical (unpaired) electrons. The molecule has 0 aliphatic heterocycles. The number of aryl methyl sites for hydroxylation is 2. The van der Waals surface area contributed by atoms with E-state index in [2.05, 4.69) is 10.3 Å². The number of nitrogens with one attached hydrogen (secondary N) is 1. The molecule has 124 valence electrons. The molecule has 1 heterocycles. The first kappa shape index (κ1) is 17.6. The molecule has 1 aromatic carbocycles. The van der Waals surface area contributed by atoms with Crippen LogP contribution in [0.25, 0.3) is 0 Å². The van der Waals surface area contributed by atoms with Crippen molar-refractivity contribution in [3.05, 3.63) is 45.9 Å². The highest BCUT2D eigenvalue weighted by atomic mass is 32.2. The van der Waals surface area contributed by atoms with Crippen LogP contribution in [0.2, 0.25) is 0 Å². The minimum Gasteiger partial charge on any atom is -0.356 e. The summed E-state index contributed by atoms with van der Waals surface area (Å²) >= 11 is 1.58. The maximum atomic E-state index is 11.8. The van der Waals surface area contributed by atoms with Gasteiger partial charge in [0.1, 0.15) is 0 Å². The van der Waals surface area contributed by atoms with Gasteiger partial charge in [-0.1, -0.05) is 12.1 Å². The molecule has 0 unspecified atom stereocenters. The molecule has 0 fully saturated rings. The normalized spacial score (nSPS) is 11.4. The fourth-order valence-electron chi connectivity index (χ4n) is 2.05. The van der Waals surface area contributed by atoms with Crippen LogP contribution in [0, 0.1) is 6.92 Å². The molecule has 23 heavy (non-hydrogen) atoms. The zero-order valence-electron chi connectivity index (χ0n) is 12.8. The van der Waals surface area contributed by atoms with E-state index in [9.17, 15) is 13.2 Å². The van der Waals surface area contributed by atoms with E-state index in [1.807, 2.05) is 12.3 Å². The summed E-state index contributed by atoms with van der Waals surface area (Å²) in [6.07, 6.45) is 1.68. The Morgan fingerprint density at radius 2 is 1.96 bits per heavy atom. The smallest absolute Gasteiger partial charge is 0.238 e. The van der Waals surface area contributed by atoms with Crippen LogP contribution < -0.4 is 10.5 Å². The molecule has 2 rings (SSSR count). The van der Waals surface area contributed by atoms with Crippen LogP contribution >= 0.6 is 11.3 Å². The summed E-state index contributed by atoms with van der Waals surface area (Å²) in [5, 5.41) is 10.9. The molecule has 0 aliphatic rings. The number of primary sulfonamides is 1. The van der Waals surface area contributed by atoms with Crippen LogP contribution in [0.3, 0.4) is 0 Å². The maximum Gasteiger partial charge on any atom is 0.238 e. The summed E-state index contributed by atoms with van der Waals surface area (Å²) in [6.45, 7) is 2.44. The van der Waals surface area contributed by atoms with Crippen molar-refractivity contribution in [3.8, 4) is 0 Å². The minimum atomic E-state index is -3.66. The quantitative estimate of drug-likeness (QED) is 0.785. The Hall–Kier alpha value is -1.77. The highest BCUT2D eigenvalue weighted by Crippen LogP contribution is 2.10. The van der Waals surface area contributed by atoms with E-state index in [-0.39, 0.29) is 10.8 Å². The Bertz CT molecular complexity index is 768. The van der Waals surface area contributed by atoms with Crippen molar-refractivity contribution in [1.82, 2.24) is 10.3 Å². The van der Waals surface area contributed by atoms with Gasteiger partial charge in [0.15, 0.2) is 0 Å². The fourth-order valence-corrected chi connectivity index (χ4v) is 3.21. The van der Waals surface area contributed by atoms with Gasteiger partial charge >= 0.3 is 0 Å². The fraction of sp³-hybridized carbons (Fsp3) is 0.333. The summed E-state index contributed by atoms with van der Waals surface area (Å²) in [4.78, 5) is 16.2. The van der Waals surface area contributed by atoms with Crippen LogP contribution in [-0.2, 0) is 27.7 Å². The third kappa shape index (κ3) is 5.74. The van der Waals surface area contributed by atoms with Crippen molar-refractivity contribution >= 4 is 27.3 Å². The monoisotopic (exact) mass is 353 g/mol. The second kappa shape index (κ2) is 7.67. The van der Waals surface area contributed by atoms with E-state index in [0.29, 0.717) is 25.8 Å². The molecular weight excluding hydrogens is 334 g/mol. The first-order valence-corrected chi connectivity index (χ1v) is 9.56. The molecule has 0 saturated carbocycles. The van der Waals surface area contributed by atoms with Gasteiger partial charge in [0.2, 0.25) is 15.9 Å². The van der Waals surface area contributed by atoms with Crippen molar-refractivity contribution in [2.75, 3.05) is 6.54 Å². The van der Waals surface area contributed by atoms with Crippen molar-refractivity contribution in [3.63, 3.8) is 0 Å². The summed E-state index contributed by atoms with van der Waals surface area (Å²) in [5.74, 6) is -0.0168. The largest absolute Gasteiger partial charge is 0.356 e. The number of benzene rings is 1. The Kier molecular flexibility index (Phi) is 5.86. The minimum absolute atomic E-state index is 0.0168. The second-order valence-electron chi connectivity index (χ2n) is 5.15. The molecule has 6 nitrogen and oxygen atoms in total. The number of sulfonamides is 1. The SMILES string of the molecule is Cc1nc(CCC(=O)NCCc2ccc(S(N)(=O)=O)cc2)cs1. The molecule has 1 aromatic heterocycles. The summed E-state index contributed by atoms with van der Waals surface area (Å²) in [5.41, 5.74) is 1.88. The van der Waals surface area contributed by atoms with Crippen LogP contribution in [0.1, 0.15) is 22.7 Å². The number of hydrogen-bond donors (Lipinski definition) is 2. The third-order valence-corrected chi connectivity index (χ3v) is 5.01. The molecule has 2 aromatic rings. The molecule has 8 heteroatoms. The lowest BCUT2D eigenvalue weighted by Crippen LogP contribution is -2.25. The highest BCUT2D eigenvalue weighted by molar-refractivity contribution is 7.89. The number of nitrogens with zero attached hydrogens (tertiary/aromatic N) is 1. The van der Waals surface area contributed by atoms with Gasteiger partial charge in [0.05, 0.1) is 15.6 Å². The van der Waals surface area contributed by atoms with Gasteiger partial charge in [-0.05, 0) is 37.5 Å². The van der Waals surface area contributed by atoms with Crippen LogP contribution in [0.5, 0.6) is 0 Å². The van der Waals surface area contributed by atoms with Crippen LogP contribution in [0.15, 0.2) is 34.5 Å². The first-order chi connectivity index (χ1) is 10.8. The van der Waals surface area contributed by atoms with Gasteiger partial charge in [-0.15, -0.1) is 11.3 Å². The van der Waals surface area contributed by atoms with Gasteiger partial charge < -0.3 is 5.32 Å². The van der Waals surface area contributed by atoms with Gasteiger partial charge in [0, 0.05) is 18.3 Å². The molecule has 0 atom stereocenters. The number of hydrogen-bond acceptors (Lipinski definition) is 5. The number of nitrogens with two attached hydrogens (primary N) is 1. The first-order valence-electron chi connectivity index (χ1n) is 7.14. The Morgan fingerprint density at radius 1 is 1.26 bits per heavy atom. The lowest BCUT2D eigenvalue weighted by molar-refractivity contribution is -0.121. The molecule has 0 spiro atoms. The third-order valence-electron chi connectivity index (χ3n) is 3.26. The van der Waals surface area contributed by atoms with Gasteiger partial charge in [-0.25, -0.2) is 18.5 Å². The molecule has 0 saturated heterocycles. The lowest BCUT2D eigenvalue weighted by Gasteiger charge is -2.05. The van der Waals surface area contributed by atoms with E-state index in [1.165, 1.54) is 12.1 Å². The van der Waals surface area contributed by atoms with Gasteiger partial charge in [0.25, 0.3) is 0 Å². The molecule has 1 amide bonds. The number of carbonyl (C=O) groups excluding carboxylic acids is 1. The molecule has 0 bridgehead atoms. The predicted molar refractivity (Wildman–Crippen MR) is 89.7 cm³/mol. The second-order valence-corrected chi connectivity index (χ2v) is 7.77. The average Bonchev–Trinajstić information content (AvgIpc) is 2.90. The van der Waals surface area contributed by atoms with E-state index >= 15 is 0 Å². The number of amides is 1. The maximum absolute atomic E-state index is 11.8. The Morgan fingerprint density at radius 3 is 2.52 bits per heavy atom. The summed E-state index contributed by atoms with van der Waals surface area (Å²) in [7, 11) is -3.66. The van der Waals surface area contributed by atoms with E-state index in [0.717, 1.165) is 16.3 Å². The molecular formula is C15H19N3O3S2. The van der Waals surface area contributed by atoms with Crippen LogP contribution in [-0.4, -0.2) is 25.9 Å². The average molecular weight is 353 g/mol. The predicted octanol–water partition coefficient (Wildman–Crippen LogP) is 1.39. The standard InChI is InChI=1S/C15H19N3O3S2/c1-11-18-13(10-22-11)4-7-15(19)17-9-8-12-2-5-14(6-3-12)23(16,20)21/h2-3,5-6,10H,4,7-9H2,1H3,(H,17,19)(H2,16,20,21). The zero-order valence-corrected chi connectivity index (χ0v) is 14.4. The van der Waals surface area contributed by atoms with Crippen molar-refractivity contribution in [2.24, 2.45) is 5.14 Å². The van der Waals surface area contributed by atoms with Gasteiger partial charge in [-0.2, -0.15) is 0 Å². The van der Waals surface area contributed by atoms with Crippen molar-refractivity contribution in [1.29, 1.82) is 0 Å². The lowest BCUT2D eigenvalue weighted by atomic mass is 10.1. The van der Waals surface area contributed by atoms with Crippen molar-refractivity contribution < 1.29 is 13.2 Å². The van der Waals surface area contributed by atoms with E-state index in [1.54, 1.807) is 23.5 Å². The Labute approximate surface area is 139 Å². The number of thiazole rings is 1. The highest BCUT2D eigenvalue weighted by Gasteiger charge is 2.07. The number of aromatic nitrogens is 1. The Balaban J connectivity index is 1.73. The number of carbonyl (C=O) groups is 1. The number of rotatable bonds is 7. The van der Waals surface area contributed by atoms with Crippen molar-refractivity contribution in [2.45, 2.75) is 31.1 Å². The summed E-state index contributed by atoms with van der Waals surface area (Å²) in [6, 6.07) is 6.34. The van der Waals surface area contributed by atoms with Gasteiger partial charge in [-0.3, -0.25) is 4.79 Å².